The number of rotatable bonds is 0. The minimum atomic E-state index is -0.280. The molecule has 1 fully saturated rings. The molecule has 3 heteroatoms. The Bertz CT molecular complexity index is 99.1. The highest BCUT2D eigenvalue weighted by Crippen LogP contribution is 2.21. The molecule has 0 amide bonds. The minimum Gasteiger partial charge on any atom is -0.392 e. The Morgan fingerprint density at radius 1 is 1.44 bits per heavy atom. The van der Waals surface area contributed by atoms with Crippen LogP contribution in [0.3, 0.4) is 0 Å². The average molecular weight is 147 g/mol. The first kappa shape index (κ1) is 7.38. The molecule has 54 valence electrons. The smallest absolute Gasteiger partial charge is 0.0671 e. The van der Waals surface area contributed by atoms with Crippen molar-refractivity contribution in [1.82, 2.24) is 0 Å². The Kier molecular flexibility index (Phi) is 2.38. The molecule has 0 aliphatic heterocycles. The fraction of sp³-hybridized carbons (Fsp3) is 1.00. The van der Waals surface area contributed by atoms with Crippen LogP contribution in [0.15, 0.2) is 0 Å². The lowest BCUT2D eigenvalue weighted by Gasteiger charge is -2.27. The fourth-order valence-electron chi connectivity index (χ4n) is 1.16. The summed E-state index contributed by atoms with van der Waals surface area (Å²) in [6, 6.07) is 0.198. The molecule has 0 heterocycles. The van der Waals surface area contributed by atoms with Gasteiger partial charge < -0.3 is 10.8 Å². The molecule has 0 aromatic heterocycles. The van der Waals surface area contributed by atoms with Crippen LogP contribution in [0.2, 0.25) is 0 Å². The van der Waals surface area contributed by atoms with E-state index in [9.17, 15) is 5.11 Å². The number of thiol groups is 1. The van der Waals surface area contributed by atoms with Gasteiger partial charge in [-0.2, -0.15) is 12.6 Å². The first-order valence-electron chi connectivity index (χ1n) is 3.32. The van der Waals surface area contributed by atoms with Gasteiger partial charge in [0, 0.05) is 11.3 Å². The molecule has 0 radical (unpaired) electrons. The van der Waals surface area contributed by atoms with E-state index in [1.165, 1.54) is 0 Å². The van der Waals surface area contributed by atoms with Gasteiger partial charge in [-0.3, -0.25) is 0 Å². The predicted molar refractivity (Wildman–Crippen MR) is 40.6 cm³/mol. The maximum absolute atomic E-state index is 9.19. The van der Waals surface area contributed by atoms with Crippen LogP contribution in [0, 0.1) is 0 Å². The predicted octanol–water partition coefficient (Wildman–Crippen LogP) is 0.157. The van der Waals surface area contributed by atoms with E-state index in [1.54, 1.807) is 0 Å². The van der Waals surface area contributed by atoms with E-state index < -0.39 is 0 Å². The average Bonchev–Trinajstić information content (AvgIpc) is 1.80. The summed E-state index contributed by atoms with van der Waals surface area (Å²) >= 11 is 4.19. The molecule has 3 atom stereocenters. The highest BCUT2D eigenvalue weighted by molar-refractivity contribution is 7.81. The first-order valence-corrected chi connectivity index (χ1v) is 3.83. The number of hydrogen-bond donors (Lipinski definition) is 3. The molecule has 1 rings (SSSR count). The molecule has 0 unspecified atom stereocenters. The first-order chi connectivity index (χ1) is 4.20. The Morgan fingerprint density at radius 3 is 2.56 bits per heavy atom. The molecule has 0 saturated heterocycles. The van der Waals surface area contributed by atoms with Crippen LogP contribution >= 0.6 is 12.6 Å². The number of aliphatic hydroxyl groups excluding tert-OH is 1. The summed E-state index contributed by atoms with van der Waals surface area (Å²) in [6.45, 7) is 0. The van der Waals surface area contributed by atoms with E-state index in [0.29, 0.717) is 6.42 Å². The third-order valence-electron chi connectivity index (χ3n) is 1.82. The van der Waals surface area contributed by atoms with Crippen LogP contribution in [-0.4, -0.2) is 22.5 Å². The van der Waals surface area contributed by atoms with Crippen molar-refractivity contribution in [2.24, 2.45) is 5.73 Å². The Hall–Kier alpha value is 0.270. The second-order valence-electron chi connectivity index (χ2n) is 2.71. The zero-order valence-corrected chi connectivity index (χ0v) is 6.22. The van der Waals surface area contributed by atoms with Crippen molar-refractivity contribution in [2.75, 3.05) is 0 Å². The van der Waals surface area contributed by atoms with Crippen LogP contribution in [0.4, 0.5) is 0 Å². The zero-order chi connectivity index (χ0) is 6.85. The normalized spacial score (nSPS) is 45.0. The summed E-state index contributed by atoms with van der Waals surface area (Å²) in [6.07, 6.45) is 2.39. The second kappa shape index (κ2) is 2.90. The summed E-state index contributed by atoms with van der Waals surface area (Å²) in [5.41, 5.74) is 5.59. The van der Waals surface area contributed by atoms with Crippen LogP contribution < -0.4 is 5.73 Å². The van der Waals surface area contributed by atoms with Crippen LogP contribution in [0.1, 0.15) is 19.3 Å². The monoisotopic (exact) mass is 147 g/mol. The van der Waals surface area contributed by atoms with Gasteiger partial charge in [0.15, 0.2) is 0 Å². The molecule has 0 bridgehead atoms. The van der Waals surface area contributed by atoms with Gasteiger partial charge in [-0.05, 0) is 19.3 Å². The topological polar surface area (TPSA) is 46.2 Å². The van der Waals surface area contributed by atoms with E-state index in [0.717, 1.165) is 12.8 Å². The molecule has 1 aliphatic carbocycles. The summed E-state index contributed by atoms with van der Waals surface area (Å²) < 4.78 is 0. The van der Waals surface area contributed by atoms with Crippen molar-refractivity contribution < 1.29 is 5.11 Å². The second-order valence-corrected chi connectivity index (χ2v) is 3.37. The third-order valence-corrected chi connectivity index (χ3v) is 2.42. The molecule has 1 saturated carbocycles. The lowest BCUT2D eigenvalue weighted by Crippen LogP contribution is -2.37. The molecule has 1 aliphatic rings. The molecular weight excluding hydrogens is 134 g/mol. The third kappa shape index (κ3) is 1.85. The molecule has 0 spiro atoms. The molecule has 0 aromatic rings. The Labute approximate surface area is 60.8 Å². The molecule has 3 N–H and O–H groups in total. The van der Waals surface area contributed by atoms with Crippen molar-refractivity contribution in [1.29, 1.82) is 0 Å². The van der Waals surface area contributed by atoms with E-state index in [4.69, 9.17) is 5.73 Å². The van der Waals surface area contributed by atoms with Crippen molar-refractivity contribution in [3.63, 3.8) is 0 Å². The van der Waals surface area contributed by atoms with Crippen molar-refractivity contribution in [2.45, 2.75) is 36.7 Å². The van der Waals surface area contributed by atoms with E-state index in [1.807, 2.05) is 0 Å². The summed E-state index contributed by atoms with van der Waals surface area (Å²) in [4.78, 5) is 0. The molecule has 2 nitrogen and oxygen atoms in total. The van der Waals surface area contributed by atoms with Crippen molar-refractivity contribution in [3.8, 4) is 0 Å². The zero-order valence-electron chi connectivity index (χ0n) is 5.33. The van der Waals surface area contributed by atoms with Gasteiger partial charge in [-0.1, -0.05) is 0 Å². The van der Waals surface area contributed by atoms with Crippen LogP contribution in [0.25, 0.3) is 0 Å². The van der Waals surface area contributed by atoms with Crippen LogP contribution in [0.5, 0.6) is 0 Å². The molecule has 0 aromatic carbocycles. The van der Waals surface area contributed by atoms with Gasteiger partial charge in [0.25, 0.3) is 0 Å². The highest BCUT2D eigenvalue weighted by Gasteiger charge is 2.23. The van der Waals surface area contributed by atoms with Gasteiger partial charge >= 0.3 is 0 Å². The Morgan fingerprint density at radius 2 is 2.11 bits per heavy atom. The van der Waals surface area contributed by atoms with Gasteiger partial charge in [0.05, 0.1) is 6.10 Å². The fourth-order valence-corrected chi connectivity index (χ4v) is 1.43. The quantitative estimate of drug-likeness (QED) is 0.427. The van der Waals surface area contributed by atoms with Gasteiger partial charge in [0.1, 0.15) is 0 Å². The molecule has 9 heavy (non-hydrogen) atoms. The van der Waals surface area contributed by atoms with Crippen LogP contribution in [-0.2, 0) is 0 Å². The van der Waals surface area contributed by atoms with Crippen molar-refractivity contribution >= 4 is 12.6 Å². The van der Waals surface area contributed by atoms with Gasteiger partial charge in [-0.15, -0.1) is 0 Å². The Balaban J connectivity index is 2.35. The van der Waals surface area contributed by atoms with Gasteiger partial charge in [0.2, 0.25) is 0 Å². The number of nitrogens with two attached hydrogens (primary N) is 1. The largest absolute Gasteiger partial charge is 0.392 e. The maximum atomic E-state index is 9.19. The summed E-state index contributed by atoms with van der Waals surface area (Å²) in [5, 5.41) is 9.35. The van der Waals surface area contributed by atoms with E-state index in [2.05, 4.69) is 12.6 Å². The SMILES string of the molecule is N[C@H]1CC[C@H](S)[C@@H](O)C1. The van der Waals surface area contributed by atoms with E-state index >= 15 is 0 Å². The number of hydrogen-bond acceptors (Lipinski definition) is 3. The standard InChI is InChI=1S/C6H13NOS/c7-4-1-2-6(9)5(8)3-4/h4-6,8-9H,1-3,7H2/t4-,5-,6-/m0/s1. The minimum absolute atomic E-state index is 0.157. The summed E-state index contributed by atoms with van der Waals surface area (Å²) in [7, 11) is 0. The maximum Gasteiger partial charge on any atom is 0.0671 e. The van der Waals surface area contributed by atoms with Crippen molar-refractivity contribution in [3.05, 3.63) is 0 Å². The summed E-state index contributed by atoms with van der Waals surface area (Å²) in [5.74, 6) is 0. The van der Waals surface area contributed by atoms with Gasteiger partial charge in [-0.25, -0.2) is 0 Å². The lowest BCUT2D eigenvalue weighted by molar-refractivity contribution is 0.128. The molecular formula is C6H13NOS. The highest BCUT2D eigenvalue weighted by atomic mass is 32.1. The number of aliphatic hydroxyl groups is 1. The lowest BCUT2D eigenvalue weighted by atomic mass is 9.93. The van der Waals surface area contributed by atoms with E-state index in [-0.39, 0.29) is 17.4 Å².